The first-order chi connectivity index (χ1) is 10.8. The van der Waals surface area contributed by atoms with Crippen molar-refractivity contribution in [1.29, 1.82) is 0 Å². The number of anilines is 1. The zero-order valence-corrected chi connectivity index (χ0v) is 13.5. The lowest BCUT2D eigenvalue weighted by atomic mass is 10.1. The Morgan fingerprint density at radius 3 is 2.52 bits per heavy atom. The van der Waals surface area contributed by atoms with Crippen molar-refractivity contribution in [2.45, 2.75) is 12.6 Å². The van der Waals surface area contributed by atoms with Gasteiger partial charge in [-0.15, -0.1) is 0 Å². The van der Waals surface area contributed by atoms with Crippen molar-refractivity contribution >= 4 is 34.6 Å². The van der Waals surface area contributed by atoms with Gasteiger partial charge in [0.1, 0.15) is 0 Å². The van der Waals surface area contributed by atoms with Gasteiger partial charge in [-0.2, -0.15) is 13.2 Å². The molecule has 0 radical (unpaired) electrons. The van der Waals surface area contributed by atoms with Crippen LogP contribution in [0.25, 0.3) is 0 Å². The van der Waals surface area contributed by atoms with Crippen LogP contribution in [0.15, 0.2) is 48.5 Å². The highest BCUT2D eigenvalue weighted by molar-refractivity contribution is 7.80. The lowest BCUT2D eigenvalue weighted by Gasteiger charge is -2.12. The van der Waals surface area contributed by atoms with E-state index in [4.69, 9.17) is 23.8 Å². The maximum atomic E-state index is 12.6. The molecule has 0 spiro atoms. The predicted molar refractivity (Wildman–Crippen MR) is 90.8 cm³/mol. The van der Waals surface area contributed by atoms with Gasteiger partial charge in [-0.3, -0.25) is 0 Å². The molecule has 0 aliphatic carbocycles. The van der Waals surface area contributed by atoms with Crippen LogP contribution in [0.3, 0.4) is 0 Å². The van der Waals surface area contributed by atoms with Gasteiger partial charge in [-0.1, -0.05) is 29.8 Å². The zero-order valence-electron chi connectivity index (χ0n) is 12.0. The fourth-order valence-electron chi connectivity index (χ4n) is 1.96. The number of alkyl halides is 3. The molecular formula is C16H14ClF3N2S. The van der Waals surface area contributed by atoms with E-state index in [0.29, 0.717) is 23.7 Å². The Balaban J connectivity index is 1.85. The maximum absolute atomic E-state index is 12.6. The lowest BCUT2D eigenvalue weighted by Crippen LogP contribution is -2.30. The number of hydrogen-bond donors (Lipinski definition) is 2. The SMILES string of the molecule is FC(F)(F)c1cccc(NC(=S)NCCc2cccc(Cl)c2)c1. The Morgan fingerprint density at radius 2 is 1.83 bits per heavy atom. The first-order valence-electron chi connectivity index (χ1n) is 6.81. The molecule has 0 saturated heterocycles. The Morgan fingerprint density at radius 1 is 1.09 bits per heavy atom. The number of benzene rings is 2. The first kappa shape index (κ1) is 17.6. The summed E-state index contributed by atoms with van der Waals surface area (Å²) in [6.45, 7) is 0.547. The quantitative estimate of drug-likeness (QED) is 0.761. The van der Waals surface area contributed by atoms with E-state index >= 15 is 0 Å². The van der Waals surface area contributed by atoms with Crippen LogP contribution in [0.5, 0.6) is 0 Å². The summed E-state index contributed by atoms with van der Waals surface area (Å²) in [6, 6.07) is 12.3. The standard InChI is InChI=1S/C16H14ClF3N2S/c17-13-5-1-3-11(9-13)7-8-21-15(23)22-14-6-2-4-12(10-14)16(18,19)20/h1-6,9-10H,7-8H2,(H2,21,22,23). The average Bonchev–Trinajstić information content (AvgIpc) is 2.46. The van der Waals surface area contributed by atoms with E-state index in [-0.39, 0.29) is 5.11 Å². The molecule has 2 nitrogen and oxygen atoms in total. The summed E-state index contributed by atoms with van der Waals surface area (Å²) in [5.74, 6) is 0. The number of hydrogen-bond acceptors (Lipinski definition) is 1. The van der Waals surface area contributed by atoms with Gasteiger partial charge in [0.05, 0.1) is 5.56 Å². The van der Waals surface area contributed by atoms with Gasteiger partial charge in [0.15, 0.2) is 5.11 Å². The third kappa shape index (κ3) is 5.73. The van der Waals surface area contributed by atoms with Gasteiger partial charge >= 0.3 is 6.18 Å². The van der Waals surface area contributed by atoms with Crippen LogP contribution in [-0.2, 0) is 12.6 Å². The van der Waals surface area contributed by atoms with Gasteiger partial charge in [-0.05, 0) is 54.5 Å². The van der Waals surface area contributed by atoms with Crippen molar-refractivity contribution in [1.82, 2.24) is 5.32 Å². The molecule has 0 atom stereocenters. The molecule has 23 heavy (non-hydrogen) atoms. The second kappa shape index (κ2) is 7.66. The summed E-state index contributed by atoms with van der Waals surface area (Å²) < 4.78 is 37.9. The van der Waals surface area contributed by atoms with Crippen molar-refractivity contribution in [2.75, 3.05) is 11.9 Å². The Labute approximate surface area is 142 Å². The fraction of sp³-hybridized carbons (Fsp3) is 0.188. The van der Waals surface area contributed by atoms with Crippen LogP contribution in [0.4, 0.5) is 18.9 Å². The van der Waals surface area contributed by atoms with Crippen molar-refractivity contribution in [2.24, 2.45) is 0 Å². The maximum Gasteiger partial charge on any atom is 0.416 e. The molecule has 0 aliphatic rings. The molecule has 0 fully saturated rings. The van der Waals surface area contributed by atoms with Crippen molar-refractivity contribution in [3.8, 4) is 0 Å². The Kier molecular flexibility index (Phi) is 5.85. The molecule has 0 heterocycles. The molecule has 0 bridgehead atoms. The Hall–Kier alpha value is -1.79. The van der Waals surface area contributed by atoms with Crippen molar-refractivity contribution in [3.63, 3.8) is 0 Å². The highest BCUT2D eigenvalue weighted by Gasteiger charge is 2.30. The smallest absolute Gasteiger partial charge is 0.362 e. The highest BCUT2D eigenvalue weighted by atomic mass is 35.5. The second-order valence-electron chi connectivity index (χ2n) is 4.84. The monoisotopic (exact) mass is 358 g/mol. The molecule has 2 aromatic carbocycles. The minimum atomic E-state index is -4.38. The van der Waals surface area contributed by atoms with Crippen LogP contribution < -0.4 is 10.6 Å². The van der Waals surface area contributed by atoms with Gasteiger partial charge in [0.25, 0.3) is 0 Å². The van der Waals surface area contributed by atoms with Gasteiger partial charge < -0.3 is 10.6 Å². The van der Waals surface area contributed by atoms with E-state index in [0.717, 1.165) is 17.7 Å². The summed E-state index contributed by atoms with van der Waals surface area (Å²) in [6.07, 6.45) is -3.68. The summed E-state index contributed by atoms with van der Waals surface area (Å²) in [4.78, 5) is 0. The molecule has 2 aromatic rings. The normalized spacial score (nSPS) is 11.1. The van der Waals surface area contributed by atoms with Crippen LogP contribution in [-0.4, -0.2) is 11.7 Å². The molecule has 0 aromatic heterocycles. The third-order valence-electron chi connectivity index (χ3n) is 3.04. The highest BCUT2D eigenvalue weighted by Crippen LogP contribution is 2.30. The molecule has 0 unspecified atom stereocenters. The van der Waals surface area contributed by atoms with Crippen LogP contribution in [0.1, 0.15) is 11.1 Å². The molecule has 0 amide bonds. The average molecular weight is 359 g/mol. The summed E-state index contributed by atoms with van der Waals surface area (Å²) in [7, 11) is 0. The van der Waals surface area contributed by atoms with Gasteiger partial charge in [0.2, 0.25) is 0 Å². The van der Waals surface area contributed by atoms with E-state index in [1.165, 1.54) is 12.1 Å². The Bertz CT molecular complexity index is 689. The van der Waals surface area contributed by atoms with Gasteiger partial charge in [0, 0.05) is 17.3 Å². The second-order valence-corrected chi connectivity index (χ2v) is 5.68. The molecular weight excluding hydrogens is 345 g/mol. The number of halogens is 4. The van der Waals surface area contributed by atoms with Crippen molar-refractivity contribution in [3.05, 3.63) is 64.7 Å². The van der Waals surface area contributed by atoms with E-state index < -0.39 is 11.7 Å². The van der Waals surface area contributed by atoms with Crippen molar-refractivity contribution < 1.29 is 13.2 Å². The molecule has 2 rings (SSSR count). The lowest BCUT2D eigenvalue weighted by molar-refractivity contribution is -0.137. The zero-order chi connectivity index (χ0) is 16.9. The topological polar surface area (TPSA) is 24.1 Å². The van der Waals surface area contributed by atoms with Crippen LogP contribution in [0.2, 0.25) is 5.02 Å². The minimum Gasteiger partial charge on any atom is -0.362 e. The van der Waals surface area contributed by atoms with E-state index in [1.54, 1.807) is 6.07 Å². The van der Waals surface area contributed by atoms with E-state index in [9.17, 15) is 13.2 Å². The molecule has 7 heteroatoms. The van der Waals surface area contributed by atoms with E-state index in [1.807, 2.05) is 18.2 Å². The molecule has 0 saturated carbocycles. The molecule has 2 N–H and O–H groups in total. The predicted octanol–water partition coefficient (Wildman–Crippen LogP) is 4.89. The third-order valence-corrected chi connectivity index (χ3v) is 3.52. The fourth-order valence-corrected chi connectivity index (χ4v) is 2.39. The molecule has 122 valence electrons. The van der Waals surface area contributed by atoms with Crippen LogP contribution in [0, 0.1) is 0 Å². The summed E-state index contributed by atoms with van der Waals surface area (Å²) >= 11 is 11.0. The summed E-state index contributed by atoms with van der Waals surface area (Å²) in [5, 5.41) is 6.63. The minimum absolute atomic E-state index is 0.270. The number of nitrogens with one attached hydrogen (secondary N) is 2. The summed E-state index contributed by atoms with van der Waals surface area (Å²) in [5.41, 5.74) is 0.621. The molecule has 0 aliphatic heterocycles. The number of thiocarbonyl (C=S) groups is 1. The largest absolute Gasteiger partial charge is 0.416 e. The first-order valence-corrected chi connectivity index (χ1v) is 7.60. The number of rotatable bonds is 4. The van der Waals surface area contributed by atoms with E-state index in [2.05, 4.69) is 10.6 Å². The van der Waals surface area contributed by atoms with Crippen LogP contribution >= 0.6 is 23.8 Å². The van der Waals surface area contributed by atoms with Gasteiger partial charge in [-0.25, -0.2) is 0 Å².